The molecule has 0 spiro atoms. The second-order valence-electron chi connectivity index (χ2n) is 4.32. The molecule has 2 N–H and O–H groups in total. The third-order valence-corrected chi connectivity index (χ3v) is 3.23. The predicted octanol–water partition coefficient (Wildman–Crippen LogP) is 1.61. The van der Waals surface area contributed by atoms with Crippen LogP contribution in [0.15, 0.2) is 23.0 Å². The summed E-state index contributed by atoms with van der Waals surface area (Å²) in [7, 11) is 3.53. The fourth-order valence-corrected chi connectivity index (χ4v) is 2.15. The lowest BCUT2D eigenvalue weighted by Crippen LogP contribution is -2.20. The molecule has 0 fully saturated rings. The summed E-state index contributed by atoms with van der Waals surface area (Å²) in [5.74, 6) is 0.803. The molecule has 2 aromatic rings. The number of methoxy groups -OCH3 is 1. The molecule has 1 aromatic heterocycles. The maximum atomic E-state index is 12.0. The van der Waals surface area contributed by atoms with Crippen molar-refractivity contribution in [1.82, 2.24) is 10.3 Å². The molecule has 0 bridgehead atoms. The molecule has 0 aliphatic rings. The molecule has 4 heteroatoms. The van der Waals surface area contributed by atoms with Crippen LogP contribution < -0.4 is 15.6 Å². The van der Waals surface area contributed by atoms with Gasteiger partial charge in [0.1, 0.15) is 5.75 Å². The number of aryl methyl sites for hydroxylation is 1. The van der Waals surface area contributed by atoms with Crippen molar-refractivity contribution in [3.05, 3.63) is 39.7 Å². The summed E-state index contributed by atoms with van der Waals surface area (Å²) in [5.41, 5.74) is 2.72. The van der Waals surface area contributed by atoms with E-state index >= 15 is 0 Å². The van der Waals surface area contributed by atoms with Gasteiger partial charge in [0, 0.05) is 16.5 Å². The molecule has 0 aliphatic heterocycles. The van der Waals surface area contributed by atoms with Crippen molar-refractivity contribution >= 4 is 10.9 Å². The highest BCUT2D eigenvalue weighted by atomic mass is 16.5. The average Bonchev–Trinajstić information content (AvgIpc) is 2.38. The standard InChI is InChI=1S/C14H18N2O2/c1-9-11(6-7-15-2)14(17)16-13-5-4-10(18-3)8-12(9)13/h4-5,8,15H,6-7H2,1-3H3,(H,16,17). The zero-order valence-corrected chi connectivity index (χ0v) is 11.0. The number of ether oxygens (including phenoxy) is 1. The zero-order valence-electron chi connectivity index (χ0n) is 11.0. The summed E-state index contributed by atoms with van der Waals surface area (Å²) in [4.78, 5) is 14.9. The lowest BCUT2D eigenvalue weighted by atomic mass is 10.0. The van der Waals surface area contributed by atoms with E-state index in [-0.39, 0.29) is 5.56 Å². The summed E-state index contributed by atoms with van der Waals surface area (Å²) in [6.07, 6.45) is 0.727. The van der Waals surface area contributed by atoms with Crippen LogP contribution in [0.3, 0.4) is 0 Å². The van der Waals surface area contributed by atoms with Crippen LogP contribution in [-0.2, 0) is 6.42 Å². The number of rotatable bonds is 4. The van der Waals surface area contributed by atoms with E-state index in [2.05, 4.69) is 10.3 Å². The minimum atomic E-state index is 0.000386. The van der Waals surface area contributed by atoms with E-state index < -0.39 is 0 Å². The van der Waals surface area contributed by atoms with E-state index in [1.54, 1.807) is 7.11 Å². The third kappa shape index (κ3) is 2.24. The van der Waals surface area contributed by atoms with Gasteiger partial charge in [0.25, 0.3) is 5.56 Å². The van der Waals surface area contributed by atoms with Crippen molar-refractivity contribution in [3.63, 3.8) is 0 Å². The Morgan fingerprint density at radius 2 is 2.17 bits per heavy atom. The highest BCUT2D eigenvalue weighted by molar-refractivity contribution is 5.84. The Balaban J connectivity index is 2.62. The number of pyridine rings is 1. The van der Waals surface area contributed by atoms with Gasteiger partial charge in [0.2, 0.25) is 0 Å². The van der Waals surface area contributed by atoms with Gasteiger partial charge in [-0.2, -0.15) is 0 Å². The number of H-pyrrole nitrogens is 1. The molecule has 4 nitrogen and oxygen atoms in total. The number of hydrogen-bond acceptors (Lipinski definition) is 3. The Hall–Kier alpha value is -1.81. The molecule has 2 rings (SSSR count). The summed E-state index contributed by atoms with van der Waals surface area (Å²) >= 11 is 0. The molecule has 0 aliphatic carbocycles. The van der Waals surface area contributed by atoms with Crippen molar-refractivity contribution in [2.75, 3.05) is 20.7 Å². The van der Waals surface area contributed by atoms with Gasteiger partial charge in [-0.05, 0) is 50.7 Å². The van der Waals surface area contributed by atoms with Crippen LogP contribution in [0.25, 0.3) is 10.9 Å². The molecule has 0 atom stereocenters. The summed E-state index contributed by atoms with van der Waals surface area (Å²) < 4.78 is 5.22. The Labute approximate surface area is 106 Å². The number of aromatic nitrogens is 1. The van der Waals surface area contributed by atoms with Crippen LogP contribution in [0.1, 0.15) is 11.1 Å². The number of aromatic amines is 1. The summed E-state index contributed by atoms with van der Waals surface area (Å²) in [6, 6.07) is 5.69. The maximum Gasteiger partial charge on any atom is 0.251 e. The lowest BCUT2D eigenvalue weighted by Gasteiger charge is -2.10. The molecule has 0 saturated heterocycles. The van der Waals surface area contributed by atoms with E-state index in [0.717, 1.165) is 40.7 Å². The Bertz CT molecular complexity index is 617. The molecule has 1 heterocycles. The van der Waals surface area contributed by atoms with Crippen molar-refractivity contribution in [3.8, 4) is 5.75 Å². The van der Waals surface area contributed by atoms with Gasteiger partial charge in [0.15, 0.2) is 0 Å². The van der Waals surface area contributed by atoms with Crippen LogP contribution in [-0.4, -0.2) is 25.7 Å². The van der Waals surface area contributed by atoms with Crippen LogP contribution in [0.4, 0.5) is 0 Å². The van der Waals surface area contributed by atoms with Gasteiger partial charge in [-0.3, -0.25) is 4.79 Å². The summed E-state index contributed by atoms with van der Waals surface area (Å²) in [5, 5.41) is 4.11. The van der Waals surface area contributed by atoms with Gasteiger partial charge in [-0.15, -0.1) is 0 Å². The van der Waals surface area contributed by atoms with Gasteiger partial charge < -0.3 is 15.0 Å². The minimum Gasteiger partial charge on any atom is -0.497 e. The lowest BCUT2D eigenvalue weighted by molar-refractivity contribution is 0.415. The maximum absolute atomic E-state index is 12.0. The highest BCUT2D eigenvalue weighted by Gasteiger charge is 2.09. The Kier molecular flexibility index (Phi) is 3.67. The molecular formula is C14H18N2O2. The first-order valence-electron chi connectivity index (χ1n) is 6.01. The van der Waals surface area contributed by atoms with E-state index in [4.69, 9.17) is 4.74 Å². The minimum absolute atomic E-state index is 0.000386. The number of benzene rings is 1. The average molecular weight is 246 g/mol. The quantitative estimate of drug-likeness (QED) is 0.861. The number of likely N-dealkylation sites (N-methyl/N-ethyl adjacent to an activating group) is 1. The van der Waals surface area contributed by atoms with Gasteiger partial charge in [-0.1, -0.05) is 0 Å². The second kappa shape index (κ2) is 5.23. The van der Waals surface area contributed by atoms with Crippen molar-refractivity contribution < 1.29 is 4.74 Å². The number of nitrogens with one attached hydrogen (secondary N) is 2. The van der Waals surface area contributed by atoms with Crippen molar-refractivity contribution in [2.24, 2.45) is 0 Å². The highest BCUT2D eigenvalue weighted by Crippen LogP contribution is 2.22. The van der Waals surface area contributed by atoms with Crippen LogP contribution in [0, 0.1) is 6.92 Å². The molecule has 96 valence electrons. The number of fused-ring (bicyclic) bond motifs is 1. The first kappa shape index (κ1) is 12.6. The third-order valence-electron chi connectivity index (χ3n) is 3.23. The van der Waals surface area contributed by atoms with E-state index in [9.17, 15) is 4.79 Å². The predicted molar refractivity (Wildman–Crippen MR) is 73.5 cm³/mol. The van der Waals surface area contributed by atoms with E-state index in [0.29, 0.717) is 0 Å². The van der Waals surface area contributed by atoms with Crippen LogP contribution in [0.2, 0.25) is 0 Å². The monoisotopic (exact) mass is 246 g/mol. The van der Waals surface area contributed by atoms with E-state index in [1.165, 1.54) is 0 Å². The number of hydrogen-bond donors (Lipinski definition) is 2. The second-order valence-corrected chi connectivity index (χ2v) is 4.32. The molecule has 1 aromatic carbocycles. The molecule has 0 amide bonds. The molecule has 0 unspecified atom stereocenters. The largest absolute Gasteiger partial charge is 0.497 e. The SMILES string of the molecule is CNCCc1c(C)c2cc(OC)ccc2[nH]c1=O. The summed E-state index contributed by atoms with van der Waals surface area (Å²) in [6.45, 7) is 2.78. The molecular weight excluding hydrogens is 228 g/mol. The van der Waals surface area contributed by atoms with Gasteiger partial charge in [0.05, 0.1) is 7.11 Å². The molecule has 0 saturated carbocycles. The van der Waals surface area contributed by atoms with E-state index in [1.807, 2.05) is 32.2 Å². The molecule has 0 radical (unpaired) electrons. The van der Waals surface area contributed by atoms with Gasteiger partial charge >= 0.3 is 0 Å². The van der Waals surface area contributed by atoms with Crippen molar-refractivity contribution in [2.45, 2.75) is 13.3 Å². The first-order valence-corrected chi connectivity index (χ1v) is 6.01. The molecule has 18 heavy (non-hydrogen) atoms. The zero-order chi connectivity index (χ0) is 13.1. The Morgan fingerprint density at radius 1 is 1.39 bits per heavy atom. The van der Waals surface area contributed by atoms with Gasteiger partial charge in [-0.25, -0.2) is 0 Å². The van der Waals surface area contributed by atoms with Crippen molar-refractivity contribution in [1.29, 1.82) is 0 Å². The first-order chi connectivity index (χ1) is 8.67. The fourth-order valence-electron chi connectivity index (χ4n) is 2.15. The topological polar surface area (TPSA) is 54.1 Å². The normalized spacial score (nSPS) is 10.8. The van der Waals surface area contributed by atoms with Crippen LogP contribution >= 0.6 is 0 Å². The smallest absolute Gasteiger partial charge is 0.251 e. The fraction of sp³-hybridized carbons (Fsp3) is 0.357. The Morgan fingerprint density at radius 3 is 2.83 bits per heavy atom. The van der Waals surface area contributed by atoms with Crippen LogP contribution in [0.5, 0.6) is 5.75 Å².